The average Bonchev–Trinajstić information content (AvgIpc) is 3.16. The molecule has 0 spiro atoms. The van der Waals surface area contributed by atoms with Crippen LogP contribution in [0.5, 0.6) is 5.75 Å². The highest BCUT2D eigenvalue weighted by Crippen LogP contribution is 2.27. The monoisotopic (exact) mass is 407 g/mol. The molecule has 0 fully saturated rings. The zero-order valence-corrected chi connectivity index (χ0v) is 16.1. The standard InChI is InChI=1S/C21H18ClN5O2/c22-15-7-14(10-25-11-15)12-28-17-3-1-13(2-4-17)8-16-9-19(29-27-16)18-5-6-20(23)26-21(18)24/h1-7,9-11H,8,12H2,(H4,23,24,26). The smallest absolute Gasteiger partial charge is 0.170 e. The van der Waals surface area contributed by atoms with Crippen LogP contribution in [0, 0.1) is 0 Å². The number of nitrogen functional groups attached to an aromatic ring is 2. The van der Waals surface area contributed by atoms with E-state index in [0.717, 1.165) is 22.6 Å². The maximum Gasteiger partial charge on any atom is 0.170 e. The van der Waals surface area contributed by atoms with Crippen molar-refractivity contribution in [2.75, 3.05) is 11.5 Å². The molecule has 3 heterocycles. The number of hydrogen-bond acceptors (Lipinski definition) is 7. The lowest BCUT2D eigenvalue weighted by atomic mass is 10.1. The Morgan fingerprint density at radius 2 is 1.79 bits per heavy atom. The molecule has 0 bridgehead atoms. The predicted octanol–water partition coefficient (Wildman–Crippen LogP) is 4.12. The molecule has 8 heteroatoms. The number of benzene rings is 1. The molecule has 0 amide bonds. The quantitative estimate of drug-likeness (QED) is 0.494. The Morgan fingerprint density at radius 3 is 2.55 bits per heavy atom. The van der Waals surface area contributed by atoms with Crippen molar-refractivity contribution in [1.29, 1.82) is 0 Å². The van der Waals surface area contributed by atoms with Crippen LogP contribution in [0.3, 0.4) is 0 Å². The molecule has 4 aromatic rings. The molecule has 4 N–H and O–H groups in total. The molecule has 1 aromatic carbocycles. The fourth-order valence-electron chi connectivity index (χ4n) is 2.84. The van der Waals surface area contributed by atoms with E-state index in [4.69, 9.17) is 32.3 Å². The zero-order chi connectivity index (χ0) is 20.2. The fourth-order valence-corrected chi connectivity index (χ4v) is 3.03. The van der Waals surface area contributed by atoms with Gasteiger partial charge in [0.05, 0.1) is 16.3 Å². The normalized spacial score (nSPS) is 10.8. The summed E-state index contributed by atoms with van der Waals surface area (Å²) < 4.78 is 11.2. The molecule has 3 aromatic heterocycles. The van der Waals surface area contributed by atoms with Gasteiger partial charge in [0.1, 0.15) is 24.0 Å². The first-order valence-corrected chi connectivity index (χ1v) is 9.24. The Kier molecular flexibility index (Phi) is 5.31. The van der Waals surface area contributed by atoms with E-state index in [1.165, 1.54) is 0 Å². The topological polar surface area (TPSA) is 113 Å². The van der Waals surface area contributed by atoms with Crippen LogP contribution >= 0.6 is 11.6 Å². The lowest BCUT2D eigenvalue weighted by molar-refractivity contribution is 0.305. The van der Waals surface area contributed by atoms with Gasteiger partial charge >= 0.3 is 0 Å². The minimum Gasteiger partial charge on any atom is -0.489 e. The van der Waals surface area contributed by atoms with Gasteiger partial charge in [0.25, 0.3) is 0 Å². The van der Waals surface area contributed by atoms with Crippen LogP contribution < -0.4 is 16.2 Å². The number of anilines is 2. The van der Waals surface area contributed by atoms with Crippen molar-refractivity contribution in [2.24, 2.45) is 0 Å². The molecule has 0 aliphatic rings. The molecule has 0 atom stereocenters. The van der Waals surface area contributed by atoms with E-state index in [2.05, 4.69) is 15.1 Å². The number of pyridine rings is 2. The van der Waals surface area contributed by atoms with Crippen molar-refractivity contribution < 1.29 is 9.26 Å². The molecule has 0 aliphatic carbocycles. The first kappa shape index (κ1) is 18.8. The van der Waals surface area contributed by atoms with Crippen LogP contribution in [0.15, 0.2) is 65.4 Å². The number of nitrogens with two attached hydrogens (primary N) is 2. The van der Waals surface area contributed by atoms with Gasteiger partial charge in [0.2, 0.25) is 0 Å². The average molecular weight is 408 g/mol. The predicted molar refractivity (Wildman–Crippen MR) is 111 cm³/mol. The van der Waals surface area contributed by atoms with E-state index in [0.29, 0.717) is 41.0 Å². The lowest BCUT2D eigenvalue weighted by Crippen LogP contribution is -1.97. The summed E-state index contributed by atoms with van der Waals surface area (Å²) in [5, 5.41) is 4.71. The van der Waals surface area contributed by atoms with Crippen molar-refractivity contribution in [1.82, 2.24) is 15.1 Å². The van der Waals surface area contributed by atoms with Crippen LogP contribution in [-0.4, -0.2) is 15.1 Å². The first-order valence-electron chi connectivity index (χ1n) is 8.86. The number of hydrogen-bond donors (Lipinski definition) is 2. The molecule has 29 heavy (non-hydrogen) atoms. The fraction of sp³-hybridized carbons (Fsp3) is 0.0952. The van der Waals surface area contributed by atoms with Gasteiger partial charge in [-0.1, -0.05) is 28.9 Å². The van der Waals surface area contributed by atoms with E-state index < -0.39 is 0 Å². The summed E-state index contributed by atoms with van der Waals surface area (Å²) in [4.78, 5) is 8.08. The van der Waals surface area contributed by atoms with E-state index in [-0.39, 0.29) is 0 Å². The van der Waals surface area contributed by atoms with Gasteiger partial charge in [-0.2, -0.15) is 0 Å². The zero-order valence-electron chi connectivity index (χ0n) is 15.4. The number of rotatable bonds is 6. The van der Waals surface area contributed by atoms with E-state index >= 15 is 0 Å². The molecule has 0 radical (unpaired) electrons. The number of nitrogens with zero attached hydrogens (tertiary/aromatic N) is 3. The number of halogens is 1. The van der Waals surface area contributed by atoms with E-state index in [1.54, 1.807) is 24.5 Å². The Labute approximate surface area is 172 Å². The minimum absolute atomic E-state index is 0.309. The van der Waals surface area contributed by atoms with Gasteiger partial charge in [-0.05, 0) is 35.9 Å². The van der Waals surface area contributed by atoms with E-state index in [1.807, 2.05) is 36.4 Å². The van der Waals surface area contributed by atoms with Gasteiger partial charge in [0, 0.05) is 30.4 Å². The summed E-state index contributed by atoms with van der Waals surface area (Å²) in [5.41, 5.74) is 15.0. The van der Waals surface area contributed by atoms with Crippen LogP contribution in [0.4, 0.5) is 11.6 Å². The summed E-state index contributed by atoms with van der Waals surface area (Å²) in [6.45, 7) is 0.399. The second-order valence-electron chi connectivity index (χ2n) is 6.47. The highest BCUT2D eigenvalue weighted by molar-refractivity contribution is 6.30. The molecule has 4 rings (SSSR count). The van der Waals surface area contributed by atoms with Gasteiger partial charge in [-0.15, -0.1) is 0 Å². The second kappa shape index (κ2) is 8.20. The third kappa shape index (κ3) is 4.64. The summed E-state index contributed by atoms with van der Waals surface area (Å²) in [6, 6.07) is 14.9. The van der Waals surface area contributed by atoms with Gasteiger partial charge < -0.3 is 20.7 Å². The maximum absolute atomic E-state index is 5.93. The lowest BCUT2D eigenvalue weighted by Gasteiger charge is -2.07. The van der Waals surface area contributed by atoms with Gasteiger partial charge in [0.15, 0.2) is 5.76 Å². The molecule has 0 saturated carbocycles. The molecule has 7 nitrogen and oxygen atoms in total. The summed E-state index contributed by atoms with van der Waals surface area (Å²) >= 11 is 5.93. The third-order valence-corrected chi connectivity index (χ3v) is 4.45. The Hall–Kier alpha value is -3.58. The van der Waals surface area contributed by atoms with Gasteiger partial charge in [-0.3, -0.25) is 4.98 Å². The Bertz CT molecular complexity index is 1130. The maximum atomic E-state index is 5.93. The molecular formula is C21H18ClN5O2. The Balaban J connectivity index is 1.39. The van der Waals surface area contributed by atoms with Crippen LogP contribution in [0.2, 0.25) is 5.02 Å². The van der Waals surface area contributed by atoms with Crippen LogP contribution in [0.25, 0.3) is 11.3 Å². The van der Waals surface area contributed by atoms with E-state index in [9.17, 15) is 0 Å². The highest BCUT2D eigenvalue weighted by Gasteiger charge is 2.11. The summed E-state index contributed by atoms with van der Waals surface area (Å²) in [7, 11) is 0. The second-order valence-corrected chi connectivity index (χ2v) is 6.91. The van der Waals surface area contributed by atoms with Crippen molar-refractivity contribution in [3.63, 3.8) is 0 Å². The minimum atomic E-state index is 0.309. The molecule has 0 saturated heterocycles. The van der Waals surface area contributed by atoms with Crippen LogP contribution in [-0.2, 0) is 13.0 Å². The highest BCUT2D eigenvalue weighted by atomic mass is 35.5. The van der Waals surface area contributed by atoms with Gasteiger partial charge in [-0.25, -0.2) is 4.98 Å². The largest absolute Gasteiger partial charge is 0.489 e. The molecule has 146 valence electrons. The molecule has 0 aliphatic heterocycles. The first-order chi connectivity index (χ1) is 14.1. The summed E-state index contributed by atoms with van der Waals surface area (Å²) in [6.07, 6.45) is 3.93. The third-order valence-electron chi connectivity index (χ3n) is 4.25. The van der Waals surface area contributed by atoms with Crippen LogP contribution in [0.1, 0.15) is 16.8 Å². The summed E-state index contributed by atoms with van der Waals surface area (Å²) in [5.74, 6) is 1.99. The number of ether oxygens (including phenoxy) is 1. The molecular weight excluding hydrogens is 390 g/mol. The Morgan fingerprint density at radius 1 is 0.966 bits per heavy atom. The molecule has 0 unspecified atom stereocenters. The number of aromatic nitrogens is 3. The van der Waals surface area contributed by atoms with Crippen molar-refractivity contribution in [3.8, 4) is 17.1 Å². The van der Waals surface area contributed by atoms with Crippen molar-refractivity contribution >= 4 is 23.2 Å². The SMILES string of the molecule is Nc1ccc(-c2cc(Cc3ccc(OCc4cncc(Cl)c4)cc3)no2)c(N)n1. The van der Waals surface area contributed by atoms with Crippen molar-refractivity contribution in [3.05, 3.63) is 82.8 Å². The van der Waals surface area contributed by atoms with Crippen molar-refractivity contribution in [2.45, 2.75) is 13.0 Å².